The highest BCUT2D eigenvalue weighted by atomic mass is 19.2. The van der Waals surface area contributed by atoms with Crippen molar-refractivity contribution in [2.45, 2.75) is 104 Å². The average molecular weight is 560 g/mol. The van der Waals surface area contributed by atoms with Gasteiger partial charge in [-0.15, -0.1) is 0 Å². The zero-order valence-corrected chi connectivity index (χ0v) is 24.7. The van der Waals surface area contributed by atoms with E-state index >= 15 is 0 Å². The number of carbonyl (C=O) groups is 2. The number of cyclic esters (lactones) is 1. The molecule has 0 radical (unpaired) electrons. The lowest BCUT2D eigenvalue weighted by atomic mass is 9.81. The van der Waals surface area contributed by atoms with Crippen LogP contribution in [0, 0.1) is 23.5 Å². The third-order valence-electron chi connectivity index (χ3n) is 7.31. The van der Waals surface area contributed by atoms with E-state index < -0.39 is 17.7 Å². The van der Waals surface area contributed by atoms with Crippen LogP contribution in [0.1, 0.15) is 97.6 Å². The molecule has 6 nitrogen and oxygen atoms in total. The summed E-state index contributed by atoms with van der Waals surface area (Å²) in [5, 5.41) is 2.96. The smallest absolute Gasteiger partial charge is 0.418 e. The molecule has 2 fully saturated rings. The molecule has 1 aliphatic carbocycles. The Balaban J connectivity index is 0.000000229. The van der Waals surface area contributed by atoms with E-state index in [2.05, 4.69) is 50.1 Å². The molecule has 2 aliphatic rings. The zero-order chi connectivity index (χ0) is 29.5. The summed E-state index contributed by atoms with van der Waals surface area (Å²) in [6, 6.07) is 10.9. The van der Waals surface area contributed by atoms with Crippen LogP contribution < -0.4 is 5.32 Å². The number of pyridine rings is 1. The predicted molar refractivity (Wildman–Crippen MR) is 155 cm³/mol. The Morgan fingerprint density at radius 2 is 1.62 bits per heavy atom. The Hall–Kier alpha value is -3.03. The third-order valence-corrected chi connectivity index (χ3v) is 7.31. The Bertz CT molecular complexity index is 992. The molecule has 0 bridgehead atoms. The molecule has 0 spiro atoms. The van der Waals surface area contributed by atoms with Gasteiger partial charge in [-0.3, -0.25) is 4.98 Å². The molecule has 40 heavy (non-hydrogen) atoms. The lowest BCUT2D eigenvalue weighted by Crippen LogP contribution is -2.48. The van der Waals surface area contributed by atoms with Gasteiger partial charge < -0.3 is 10.1 Å². The van der Waals surface area contributed by atoms with E-state index in [0.717, 1.165) is 49.7 Å². The van der Waals surface area contributed by atoms with Gasteiger partial charge >= 0.3 is 12.1 Å². The Labute approximate surface area is 238 Å². The number of nitrogens with one attached hydrogen (secondary N) is 1. The molecular formula is C32H47F2N3O3. The van der Waals surface area contributed by atoms with Crippen LogP contribution in [0.3, 0.4) is 0 Å². The molecule has 1 aromatic carbocycles. The van der Waals surface area contributed by atoms with Crippen LogP contribution in [-0.4, -0.2) is 40.7 Å². The SMILES string of the molecule is CC1CCC(c2ccccn2)CC1.CCCC(CCC(C)C)NC(=O)N1C(=O)OC[C@@H]1C.Fc1ccccc1F. The van der Waals surface area contributed by atoms with Crippen LogP contribution in [0.15, 0.2) is 48.7 Å². The minimum atomic E-state index is -0.799. The first-order valence-corrected chi connectivity index (χ1v) is 14.7. The minimum Gasteiger partial charge on any atom is -0.447 e. The lowest BCUT2D eigenvalue weighted by molar-refractivity contribution is 0.156. The molecule has 1 aromatic heterocycles. The summed E-state index contributed by atoms with van der Waals surface area (Å²) in [5.74, 6) is 0.685. The van der Waals surface area contributed by atoms with E-state index in [-0.39, 0.29) is 24.7 Å². The molecule has 2 heterocycles. The third kappa shape index (κ3) is 11.6. The number of aromatic nitrogens is 1. The van der Waals surface area contributed by atoms with Crippen LogP contribution in [0.25, 0.3) is 0 Å². The molecule has 2 atom stereocenters. The topological polar surface area (TPSA) is 71.5 Å². The number of halogens is 2. The van der Waals surface area contributed by atoms with Crippen LogP contribution >= 0.6 is 0 Å². The first-order chi connectivity index (χ1) is 19.1. The molecular weight excluding hydrogens is 512 g/mol. The molecule has 222 valence electrons. The van der Waals surface area contributed by atoms with E-state index in [1.165, 1.54) is 48.4 Å². The van der Waals surface area contributed by atoms with Crippen molar-refractivity contribution in [3.8, 4) is 0 Å². The van der Waals surface area contributed by atoms with Crippen molar-refractivity contribution in [1.29, 1.82) is 0 Å². The van der Waals surface area contributed by atoms with Gasteiger partial charge in [-0.25, -0.2) is 23.3 Å². The summed E-state index contributed by atoms with van der Waals surface area (Å²) in [4.78, 5) is 29.2. The Morgan fingerprint density at radius 1 is 1.00 bits per heavy atom. The summed E-state index contributed by atoms with van der Waals surface area (Å²) >= 11 is 0. The maximum Gasteiger partial charge on any atom is 0.418 e. The molecule has 1 unspecified atom stereocenters. The number of hydrogen-bond acceptors (Lipinski definition) is 4. The maximum absolute atomic E-state index is 12.1. The molecule has 2 aromatic rings. The average Bonchev–Trinajstić information content (AvgIpc) is 3.28. The molecule has 1 saturated heterocycles. The van der Waals surface area contributed by atoms with Crippen molar-refractivity contribution < 1.29 is 23.1 Å². The van der Waals surface area contributed by atoms with Crippen molar-refractivity contribution in [3.05, 3.63) is 66.0 Å². The predicted octanol–water partition coefficient (Wildman–Crippen LogP) is 8.48. The van der Waals surface area contributed by atoms with E-state index in [0.29, 0.717) is 5.92 Å². The second-order valence-electron chi connectivity index (χ2n) is 11.3. The fourth-order valence-electron chi connectivity index (χ4n) is 4.83. The van der Waals surface area contributed by atoms with Crippen molar-refractivity contribution >= 4 is 12.1 Å². The summed E-state index contributed by atoms with van der Waals surface area (Å²) in [6.07, 6.45) is 10.8. The number of urea groups is 1. The van der Waals surface area contributed by atoms with Gasteiger partial charge in [0.2, 0.25) is 0 Å². The van der Waals surface area contributed by atoms with Crippen molar-refractivity contribution in [1.82, 2.24) is 15.2 Å². The quantitative estimate of drug-likeness (QED) is 0.369. The zero-order valence-electron chi connectivity index (χ0n) is 24.7. The van der Waals surface area contributed by atoms with Gasteiger partial charge in [-0.1, -0.05) is 65.2 Å². The molecule has 1 aliphatic heterocycles. The second-order valence-corrected chi connectivity index (χ2v) is 11.3. The van der Waals surface area contributed by atoms with E-state index in [9.17, 15) is 18.4 Å². The molecule has 4 rings (SSSR count). The van der Waals surface area contributed by atoms with Gasteiger partial charge in [0.1, 0.15) is 6.61 Å². The Morgan fingerprint density at radius 3 is 2.10 bits per heavy atom. The summed E-state index contributed by atoms with van der Waals surface area (Å²) in [6.45, 7) is 10.9. The number of rotatable bonds is 7. The molecule has 8 heteroatoms. The van der Waals surface area contributed by atoms with Gasteiger partial charge in [0, 0.05) is 23.9 Å². The highest BCUT2D eigenvalue weighted by Crippen LogP contribution is 2.34. The summed E-state index contributed by atoms with van der Waals surface area (Å²) in [5.41, 5.74) is 1.30. The first-order valence-electron chi connectivity index (χ1n) is 14.7. The molecule has 1 N–H and O–H groups in total. The number of amides is 3. The molecule has 1 saturated carbocycles. The minimum absolute atomic E-state index is 0.139. The van der Waals surface area contributed by atoms with Crippen LogP contribution in [0.4, 0.5) is 18.4 Å². The largest absolute Gasteiger partial charge is 0.447 e. The van der Waals surface area contributed by atoms with Gasteiger partial charge in [0.05, 0.1) is 6.04 Å². The van der Waals surface area contributed by atoms with Gasteiger partial charge in [-0.05, 0) is 75.1 Å². The fourth-order valence-corrected chi connectivity index (χ4v) is 4.83. The number of imide groups is 1. The van der Waals surface area contributed by atoms with E-state index in [1.807, 2.05) is 19.2 Å². The van der Waals surface area contributed by atoms with E-state index in [4.69, 9.17) is 4.74 Å². The van der Waals surface area contributed by atoms with Crippen molar-refractivity contribution in [2.75, 3.05) is 6.61 Å². The number of nitrogens with zero attached hydrogens (tertiary/aromatic N) is 2. The van der Waals surface area contributed by atoms with Crippen LogP contribution in [0.5, 0.6) is 0 Å². The first kappa shape index (κ1) is 33.2. The van der Waals surface area contributed by atoms with Crippen molar-refractivity contribution in [3.63, 3.8) is 0 Å². The highest BCUT2D eigenvalue weighted by molar-refractivity contribution is 5.92. The van der Waals surface area contributed by atoms with Gasteiger partial charge in [0.15, 0.2) is 11.6 Å². The normalized spacial score (nSPS) is 20.9. The van der Waals surface area contributed by atoms with E-state index in [1.54, 1.807) is 0 Å². The molecule has 3 amide bonds. The van der Waals surface area contributed by atoms with Crippen LogP contribution in [0.2, 0.25) is 0 Å². The maximum atomic E-state index is 12.1. The highest BCUT2D eigenvalue weighted by Gasteiger charge is 2.35. The van der Waals surface area contributed by atoms with Crippen molar-refractivity contribution in [2.24, 2.45) is 11.8 Å². The van der Waals surface area contributed by atoms with Crippen LogP contribution in [-0.2, 0) is 4.74 Å². The monoisotopic (exact) mass is 559 g/mol. The van der Waals surface area contributed by atoms with Gasteiger partial charge in [-0.2, -0.15) is 0 Å². The Kier molecular flexibility index (Phi) is 14.6. The lowest BCUT2D eigenvalue weighted by Gasteiger charge is -2.25. The second kappa shape index (κ2) is 17.6. The number of ether oxygens (including phenoxy) is 1. The number of carbonyl (C=O) groups excluding carboxylic acids is 2. The number of hydrogen-bond donors (Lipinski definition) is 1. The summed E-state index contributed by atoms with van der Waals surface area (Å²) in [7, 11) is 0. The standard InChI is InChI=1S/C14H26N2O3.C12H17N.C6H4F2/c1-5-6-12(8-7-10(2)3)15-13(17)16-11(4)9-19-14(16)18;1-10-5-7-11(8-6-10)12-4-2-3-9-13-12;7-5-3-1-2-4-6(5)8/h10-12H,5-9H2,1-4H3,(H,15,17);2-4,9-11H,5-8H2,1H3;1-4H/t11-,12?;;/m0../s1. The summed E-state index contributed by atoms with van der Waals surface area (Å²) < 4.78 is 28.8. The number of benzene rings is 1. The van der Waals surface area contributed by atoms with Gasteiger partial charge in [0.25, 0.3) is 0 Å². The fraction of sp³-hybridized carbons (Fsp3) is 0.594.